The highest BCUT2D eigenvalue weighted by atomic mass is 16.5. The van der Waals surface area contributed by atoms with Gasteiger partial charge in [-0.2, -0.15) is 0 Å². The summed E-state index contributed by atoms with van der Waals surface area (Å²) in [6.45, 7) is 12.1. The van der Waals surface area contributed by atoms with Crippen LogP contribution in [0.4, 0.5) is 0 Å². The molecule has 186 valence electrons. The molecule has 2 aromatic carbocycles. The summed E-state index contributed by atoms with van der Waals surface area (Å²) in [6, 6.07) is 14.9. The number of carbonyl (C=O) groups is 1. The summed E-state index contributed by atoms with van der Waals surface area (Å²) in [4.78, 5) is 11.7. The quantitative estimate of drug-likeness (QED) is 0.169. The van der Waals surface area contributed by atoms with Crippen molar-refractivity contribution in [1.29, 1.82) is 0 Å². The SMILES string of the molecule is C=CC(=O)OC1CCC(Oc2ccc3cc(-c4ccc(CCCCC)cc4CC)oc3c2)C1(C)C. The second kappa shape index (κ2) is 10.7. The first-order valence-electron chi connectivity index (χ1n) is 13.0. The molecule has 1 fully saturated rings. The van der Waals surface area contributed by atoms with Crippen LogP contribution in [-0.2, 0) is 22.4 Å². The molecule has 0 aliphatic heterocycles. The van der Waals surface area contributed by atoms with Gasteiger partial charge < -0.3 is 13.9 Å². The summed E-state index contributed by atoms with van der Waals surface area (Å²) in [5.41, 5.74) is 4.41. The van der Waals surface area contributed by atoms with Crippen LogP contribution in [-0.4, -0.2) is 18.2 Å². The molecule has 35 heavy (non-hydrogen) atoms. The predicted molar refractivity (Wildman–Crippen MR) is 142 cm³/mol. The van der Waals surface area contributed by atoms with Crippen molar-refractivity contribution in [3.05, 3.63) is 66.2 Å². The molecule has 1 aliphatic rings. The largest absolute Gasteiger partial charge is 0.490 e. The van der Waals surface area contributed by atoms with Crippen molar-refractivity contribution in [2.75, 3.05) is 0 Å². The Morgan fingerprint density at radius 1 is 1.09 bits per heavy atom. The number of esters is 1. The minimum absolute atomic E-state index is 0.0519. The number of rotatable bonds is 10. The zero-order chi connectivity index (χ0) is 25.0. The molecule has 3 aromatic rings. The minimum Gasteiger partial charge on any atom is -0.490 e. The van der Waals surface area contributed by atoms with Crippen molar-refractivity contribution < 1.29 is 18.7 Å². The summed E-state index contributed by atoms with van der Waals surface area (Å²) in [5.74, 6) is 1.29. The smallest absolute Gasteiger partial charge is 0.330 e. The number of carbonyl (C=O) groups excluding carboxylic acids is 1. The fourth-order valence-electron chi connectivity index (χ4n) is 5.16. The number of benzene rings is 2. The Hall–Kier alpha value is -3.01. The van der Waals surface area contributed by atoms with E-state index < -0.39 is 0 Å². The zero-order valence-corrected chi connectivity index (χ0v) is 21.6. The number of ether oxygens (including phenoxy) is 2. The van der Waals surface area contributed by atoms with Crippen LogP contribution >= 0.6 is 0 Å². The van der Waals surface area contributed by atoms with E-state index in [1.165, 1.54) is 36.5 Å². The predicted octanol–water partition coefficient (Wildman–Crippen LogP) is 8.06. The molecule has 2 atom stereocenters. The van der Waals surface area contributed by atoms with E-state index >= 15 is 0 Å². The highest BCUT2D eigenvalue weighted by Crippen LogP contribution is 2.43. The van der Waals surface area contributed by atoms with Crippen LogP contribution in [0.1, 0.15) is 70.9 Å². The van der Waals surface area contributed by atoms with Crippen molar-refractivity contribution in [2.24, 2.45) is 5.41 Å². The van der Waals surface area contributed by atoms with Gasteiger partial charge in [0, 0.05) is 28.5 Å². The molecule has 0 N–H and O–H groups in total. The van der Waals surface area contributed by atoms with Crippen LogP contribution in [0.5, 0.6) is 5.75 Å². The summed E-state index contributed by atoms with van der Waals surface area (Å²) in [5, 5.41) is 1.06. The second-order valence-electron chi connectivity index (χ2n) is 10.2. The van der Waals surface area contributed by atoms with E-state index in [0.29, 0.717) is 0 Å². The molecule has 0 amide bonds. The lowest BCUT2D eigenvalue weighted by Gasteiger charge is -2.32. The lowest BCUT2D eigenvalue weighted by atomic mass is 9.87. The van der Waals surface area contributed by atoms with Crippen LogP contribution in [0.2, 0.25) is 0 Å². The standard InChI is InChI=1S/C31H38O4/c1-6-9-10-11-21-12-15-25(22(7-2)18-21)27-19-23-13-14-24(20-26(23)34-27)33-28-16-17-29(31(28,4)5)35-30(32)8-3/h8,12-15,18-20,28-29H,3,6-7,9-11,16-17H2,1-2,4-5H3. The van der Waals surface area contributed by atoms with Gasteiger partial charge in [0.05, 0.1) is 0 Å². The van der Waals surface area contributed by atoms with Gasteiger partial charge in [0.2, 0.25) is 0 Å². The lowest BCUT2D eigenvalue weighted by Crippen LogP contribution is -2.38. The maximum absolute atomic E-state index is 11.7. The molecule has 2 unspecified atom stereocenters. The van der Waals surface area contributed by atoms with Crippen molar-refractivity contribution in [2.45, 2.75) is 84.8 Å². The Bertz CT molecular complexity index is 1190. The van der Waals surface area contributed by atoms with Crippen LogP contribution < -0.4 is 4.74 Å². The fraction of sp³-hybridized carbons (Fsp3) is 0.452. The molecule has 0 radical (unpaired) electrons. The van der Waals surface area contributed by atoms with E-state index in [0.717, 1.165) is 53.7 Å². The first-order valence-corrected chi connectivity index (χ1v) is 13.0. The molecule has 1 aliphatic carbocycles. The molecular formula is C31H38O4. The topological polar surface area (TPSA) is 48.7 Å². The van der Waals surface area contributed by atoms with Gasteiger partial charge in [0.15, 0.2) is 0 Å². The molecule has 0 bridgehead atoms. The number of hydrogen-bond donors (Lipinski definition) is 0. The van der Waals surface area contributed by atoms with Crippen LogP contribution in [0.15, 0.2) is 59.5 Å². The highest BCUT2D eigenvalue weighted by Gasteiger charge is 2.47. The second-order valence-corrected chi connectivity index (χ2v) is 10.2. The molecule has 0 saturated heterocycles. The van der Waals surface area contributed by atoms with Gasteiger partial charge in [0.1, 0.15) is 29.3 Å². The monoisotopic (exact) mass is 474 g/mol. The van der Waals surface area contributed by atoms with Crippen molar-refractivity contribution >= 4 is 16.9 Å². The first kappa shape index (κ1) is 25.1. The summed E-state index contributed by atoms with van der Waals surface area (Å²) in [6.07, 6.45) is 8.44. The number of unbranched alkanes of at least 4 members (excludes halogenated alkanes) is 2. The average Bonchev–Trinajstić information content (AvgIpc) is 3.39. The third-order valence-corrected chi connectivity index (χ3v) is 7.43. The Morgan fingerprint density at radius 3 is 2.63 bits per heavy atom. The van der Waals surface area contributed by atoms with Gasteiger partial charge in [-0.3, -0.25) is 0 Å². The summed E-state index contributed by atoms with van der Waals surface area (Å²) < 4.78 is 18.3. The maximum atomic E-state index is 11.7. The van der Waals surface area contributed by atoms with E-state index in [4.69, 9.17) is 13.9 Å². The van der Waals surface area contributed by atoms with Crippen molar-refractivity contribution in [3.63, 3.8) is 0 Å². The lowest BCUT2D eigenvalue weighted by molar-refractivity contribution is -0.148. The van der Waals surface area contributed by atoms with Crippen LogP contribution in [0.25, 0.3) is 22.3 Å². The van der Waals surface area contributed by atoms with E-state index in [2.05, 4.69) is 64.6 Å². The average molecular weight is 475 g/mol. The van der Waals surface area contributed by atoms with Gasteiger partial charge in [-0.25, -0.2) is 4.79 Å². The molecule has 1 saturated carbocycles. The van der Waals surface area contributed by atoms with Crippen molar-refractivity contribution in [3.8, 4) is 17.1 Å². The normalized spacial score (nSPS) is 19.1. The van der Waals surface area contributed by atoms with E-state index in [1.807, 2.05) is 12.1 Å². The Balaban J connectivity index is 1.52. The van der Waals surface area contributed by atoms with Gasteiger partial charge >= 0.3 is 5.97 Å². The molecule has 1 heterocycles. The number of fused-ring (bicyclic) bond motifs is 1. The molecule has 4 heteroatoms. The van der Waals surface area contributed by atoms with Crippen LogP contribution in [0, 0.1) is 5.41 Å². The Morgan fingerprint density at radius 2 is 1.89 bits per heavy atom. The van der Waals surface area contributed by atoms with E-state index in [9.17, 15) is 4.79 Å². The highest BCUT2D eigenvalue weighted by molar-refractivity contribution is 5.84. The van der Waals surface area contributed by atoms with E-state index in [-0.39, 0.29) is 23.6 Å². The third-order valence-electron chi connectivity index (χ3n) is 7.43. The number of furan rings is 1. The van der Waals surface area contributed by atoms with Gasteiger partial charge in [0.25, 0.3) is 0 Å². The zero-order valence-electron chi connectivity index (χ0n) is 21.6. The van der Waals surface area contributed by atoms with Gasteiger partial charge in [-0.15, -0.1) is 0 Å². The number of aryl methyl sites for hydroxylation is 2. The summed E-state index contributed by atoms with van der Waals surface area (Å²) in [7, 11) is 0. The van der Waals surface area contributed by atoms with Gasteiger partial charge in [-0.1, -0.05) is 65.3 Å². The fourth-order valence-corrected chi connectivity index (χ4v) is 5.16. The van der Waals surface area contributed by atoms with E-state index in [1.54, 1.807) is 0 Å². The Kier molecular flexibility index (Phi) is 7.69. The maximum Gasteiger partial charge on any atom is 0.330 e. The van der Waals surface area contributed by atoms with Crippen LogP contribution in [0.3, 0.4) is 0 Å². The summed E-state index contributed by atoms with van der Waals surface area (Å²) >= 11 is 0. The molecule has 4 nitrogen and oxygen atoms in total. The molecule has 4 rings (SSSR count). The van der Waals surface area contributed by atoms with Gasteiger partial charge in [-0.05, 0) is 61.4 Å². The third kappa shape index (κ3) is 5.47. The molecular weight excluding hydrogens is 436 g/mol. The minimum atomic E-state index is -0.381. The first-order chi connectivity index (χ1) is 16.8. The number of hydrogen-bond acceptors (Lipinski definition) is 4. The Labute approximate surface area is 209 Å². The van der Waals surface area contributed by atoms with Crippen molar-refractivity contribution in [1.82, 2.24) is 0 Å². The molecule has 1 aromatic heterocycles. The molecule has 0 spiro atoms.